The molecule has 72 valence electrons. The summed E-state index contributed by atoms with van der Waals surface area (Å²) in [6, 6.07) is 6.30. The Morgan fingerprint density at radius 3 is 2.31 bits per heavy atom. The largest absolute Gasteiger partial charge is 0.380 e. The van der Waals surface area contributed by atoms with E-state index in [0.717, 1.165) is 0 Å². The number of hydrogen-bond donors (Lipinski definition) is 0. The Morgan fingerprint density at radius 1 is 1.08 bits per heavy atom. The van der Waals surface area contributed by atoms with Gasteiger partial charge in [0, 0.05) is 14.2 Å². The van der Waals surface area contributed by atoms with Crippen LogP contribution < -0.4 is 0 Å². The van der Waals surface area contributed by atoms with Crippen molar-refractivity contribution in [2.45, 2.75) is 20.1 Å². The average molecular weight is 180 g/mol. The fourth-order valence-electron chi connectivity index (χ4n) is 1.33. The van der Waals surface area contributed by atoms with Crippen LogP contribution in [0, 0.1) is 6.92 Å². The average Bonchev–Trinajstić information content (AvgIpc) is 2.10. The van der Waals surface area contributed by atoms with E-state index in [0.29, 0.717) is 13.2 Å². The van der Waals surface area contributed by atoms with Crippen LogP contribution in [-0.2, 0) is 22.7 Å². The molecule has 0 aromatic heterocycles. The van der Waals surface area contributed by atoms with Crippen LogP contribution in [-0.4, -0.2) is 14.2 Å². The van der Waals surface area contributed by atoms with E-state index in [1.54, 1.807) is 14.2 Å². The van der Waals surface area contributed by atoms with Crippen molar-refractivity contribution in [1.29, 1.82) is 0 Å². The van der Waals surface area contributed by atoms with E-state index in [1.807, 2.05) is 0 Å². The molecule has 0 aliphatic heterocycles. The van der Waals surface area contributed by atoms with Crippen molar-refractivity contribution >= 4 is 0 Å². The highest BCUT2D eigenvalue weighted by Crippen LogP contribution is 2.12. The van der Waals surface area contributed by atoms with Gasteiger partial charge < -0.3 is 9.47 Å². The van der Waals surface area contributed by atoms with Gasteiger partial charge in [-0.3, -0.25) is 0 Å². The number of rotatable bonds is 4. The lowest BCUT2D eigenvalue weighted by Gasteiger charge is -2.06. The van der Waals surface area contributed by atoms with Crippen molar-refractivity contribution in [3.63, 3.8) is 0 Å². The molecule has 0 atom stereocenters. The molecule has 0 saturated carbocycles. The maximum Gasteiger partial charge on any atom is 0.0715 e. The first-order chi connectivity index (χ1) is 6.27. The maximum atomic E-state index is 5.08. The molecule has 0 saturated heterocycles. The normalized spacial score (nSPS) is 10.4. The second kappa shape index (κ2) is 5.00. The van der Waals surface area contributed by atoms with Crippen LogP contribution in [0.2, 0.25) is 0 Å². The van der Waals surface area contributed by atoms with Crippen molar-refractivity contribution in [2.75, 3.05) is 14.2 Å². The Bertz CT molecular complexity index is 269. The minimum Gasteiger partial charge on any atom is -0.380 e. The zero-order valence-electron chi connectivity index (χ0n) is 8.46. The molecule has 1 aromatic rings. The highest BCUT2D eigenvalue weighted by molar-refractivity contribution is 5.30. The van der Waals surface area contributed by atoms with Gasteiger partial charge in [0.2, 0.25) is 0 Å². The lowest BCUT2D eigenvalue weighted by atomic mass is 10.1. The molecular weight excluding hydrogens is 164 g/mol. The van der Waals surface area contributed by atoms with Gasteiger partial charge in [0.1, 0.15) is 0 Å². The lowest BCUT2D eigenvalue weighted by molar-refractivity contribution is 0.182. The van der Waals surface area contributed by atoms with Crippen LogP contribution in [0.1, 0.15) is 16.7 Å². The summed E-state index contributed by atoms with van der Waals surface area (Å²) in [5.41, 5.74) is 3.71. The summed E-state index contributed by atoms with van der Waals surface area (Å²) in [5, 5.41) is 0. The molecule has 0 aliphatic rings. The molecule has 0 bridgehead atoms. The Labute approximate surface area is 79.5 Å². The van der Waals surface area contributed by atoms with Gasteiger partial charge in [0.15, 0.2) is 0 Å². The molecule has 0 spiro atoms. The van der Waals surface area contributed by atoms with E-state index < -0.39 is 0 Å². The number of aryl methyl sites for hydroxylation is 1. The molecule has 0 radical (unpaired) electrons. The summed E-state index contributed by atoms with van der Waals surface area (Å²) in [6.45, 7) is 3.45. The van der Waals surface area contributed by atoms with Crippen LogP contribution in [0.4, 0.5) is 0 Å². The standard InChI is InChI=1S/C11H16O2/c1-9-6-10(7-12-2)4-5-11(9)8-13-3/h4-6H,7-8H2,1-3H3. The van der Waals surface area contributed by atoms with Crippen LogP contribution in [0.25, 0.3) is 0 Å². The Kier molecular flexibility index (Phi) is 3.93. The maximum absolute atomic E-state index is 5.08. The molecular formula is C11H16O2. The van der Waals surface area contributed by atoms with Crippen molar-refractivity contribution in [3.8, 4) is 0 Å². The molecule has 0 N–H and O–H groups in total. The van der Waals surface area contributed by atoms with Crippen molar-refractivity contribution < 1.29 is 9.47 Å². The lowest BCUT2D eigenvalue weighted by Crippen LogP contribution is -1.94. The van der Waals surface area contributed by atoms with Gasteiger partial charge in [-0.2, -0.15) is 0 Å². The monoisotopic (exact) mass is 180 g/mol. The second-order valence-electron chi connectivity index (χ2n) is 3.13. The molecule has 0 aliphatic carbocycles. The van der Waals surface area contributed by atoms with Gasteiger partial charge in [-0.1, -0.05) is 18.2 Å². The Morgan fingerprint density at radius 2 is 1.77 bits per heavy atom. The van der Waals surface area contributed by atoms with Crippen molar-refractivity contribution in [3.05, 3.63) is 34.9 Å². The molecule has 1 rings (SSSR count). The van der Waals surface area contributed by atoms with Crippen LogP contribution >= 0.6 is 0 Å². The molecule has 0 fully saturated rings. The third-order valence-electron chi connectivity index (χ3n) is 2.02. The zero-order valence-corrected chi connectivity index (χ0v) is 8.46. The van der Waals surface area contributed by atoms with E-state index in [-0.39, 0.29) is 0 Å². The minimum atomic E-state index is 0.675. The van der Waals surface area contributed by atoms with Gasteiger partial charge in [-0.05, 0) is 23.6 Å². The highest BCUT2D eigenvalue weighted by Gasteiger charge is 1.99. The topological polar surface area (TPSA) is 18.5 Å². The van der Waals surface area contributed by atoms with Gasteiger partial charge in [-0.25, -0.2) is 0 Å². The van der Waals surface area contributed by atoms with E-state index in [1.165, 1.54) is 16.7 Å². The summed E-state index contributed by atoms with van der Waals surface area (Å²) >= 11 is 0. The molecule has 13 heavy (non-hydrogen) atoms. The van der Waals surface area contributed by atoms with Gasteiger partial charge in [0.05, 0.1) is 13.2 Å². The second-order valence-corrected chi connectivity index (χ2v) is 3.13. The zero-order chi connectivity index (χ0) is 9.68. The van der Waals surface area contributed by atoms with Crippen LogP contribution in [0.15, 0.2) is 18.2 Å². The number of benzene rings is 1. The molecule has 2 heteroatoms. The minimum absolute atomic E-state index is 0.675. The van der Waals surface area contributed by atoms with Crippen LogP contribution in [0.3, 0.4) is 0 Å². The molecule has 0 amide bonds. The van der Waals surface area contributed by atoms with Crippen molar-refractivity contribution in [2.24, 2.45) is 0 Å². The summed E-state index contributed by atoms with van der Waals surface area (Å²) in [6.07, 6.45) is 0. The van der Waals surface area contributed by atoms with E-state index in [9.17, 15) is 0 Å². The van der Waals surface area contributed by atoms with E-state index in [4.69, 9.17) is 9.47 Å². The molecule has 0 heterocycles. The number of ether oxygens (including phenoxy) is 2. The molecule has 1 aromatic carbocycles. The first-order valence-electron chi connectivity index (χ1n) is 4.34. The first-order valence-corrected chi connectivity index (χ1v) is 4.34. The van der Waals surface area contributed by atoms with E-state index in [2.05, 4.69) is 25.1 Å². The quantitative estimate of drug-likeness (QED) is 0.707. The first kappa shape index (κ1) is 10.2. The summed E-state index contributed by atoms with van der Waals surface area (Å²) in [4.78, 5) is 0. The predicted octanol–water partition coefficient (Wildman–Crippen LogP) is 2.29. The van der Waals surface area contributed by atoms with Gasteiger partial charge in [-0.15, -0.1) is 0 Å². The fraction of sp³-hybridized carbons (Fsp3) is 0.455. The van der Waals surface area contributed by atoms with Crippen LogP contribution in [0.5, 0.6) is 0 Å². The Hall–Kier alpha value is -0.860. The Balaban J connectivity index is 2.79. The molecule has 2 nitrogen and oxygen atoms in total. The number of hydrogen-bond acceptors (Lipinski definition) is 2. The summed E-state index contributed by atoms with van der Waals surface area (Å²) in [5.74, 6) is 0. The van der Waals surface area contributed by atoms with E-state index >= 15 is 0 Å². The summed E-state index contributed by atoms with van der Waals surface area (Å²) in [7, 11) is 3.42. The third-order valence-corrected chi connectivity index (χ3v) is 2.02. The van der Waals surface area contributed by atoms with Crippen molar-refractivity contribution in [1.82, 2.24) is 0 Å². The SMILES string of the molecule is COCc1ccc(COC)c(C)c1. The third kappa shape index (κ3) is 2.83. The summed E-state index contributed by atoms with van der Waals surface area (Å²) < 4.78 is 10.1. The predicted molar refractivity (Wildman–Crippen MR) is 52.6 cm³/mol. The smallest absolute Gasteiger partial charge is 0.0715 e. The fourth-order valence-corrected chi connectivity index (χ4v) is 1.33. The molecule has 0 unspecified atom stereocenters. The highest BCUT2D eigenvalue weighted by atomic mass is 16.5. The number of methoxy groups -OCH3 is 2. The van der Waals surface area contributed by atoms with Gasteiger partial charge >= 0.3 is 0 Å². The van der Waals surface area contributed by atoms with Gasteiger partial charge in [0.25, 0.3) is 0 Å².